The number of benzene rings is 1. The molecular formula is C9H10Cl2FNO3S. The highest BCUT2D eigenvalue weighted by Gasteiger charge is 2.25. The summed E-state index contributed by atoms with van der Waals surface area (Å²) in [5.41, 5.74) is 0. The van der Waals surface area contributed by atoms with Gasteiger partial charge in [-0.1, -0.05) is 23.2 Å². The van der Waals surface area contributed by atoms with E-state index in [0.29, 0.717) is 0 Å². The zero-order valence-electron chi connectivity index (χ0n) is 8.82. The lowest BCUT2D eigenvalue weighted by Gasteiger charge is -2.17. The van der Waals surface area contributed by atoms with Crippen molar-refractivity contribution in [2.45, 2.75) is 4.90 Å². The summed E-state index contributed by atoms with van der Waals surface area (Å²) in [4.78, 5) is -0.378. The number of hydrogen-bond donors (Lipinski definition) is 1. The van der Waals surface area contributed by atoms with Crippen LogP contribution in [0, 0.1) is 5.82 Å². The minimum Gasteiger partial charge on any atom is -0.395 e. The summed E-state index contributed by atoms with van der Waals surface area (Å²) in [7, 11) is -2.67. The van der Waals surface area contributed by atoms with Gasteiger partial charge in [-0.05, 0) is 12.1 Å². The fraction of sp³-hybridized carbons (Fsp3) is 0.333. The first kappa shape index (κ1) is 14.7. The first-order valence-electron chi connectivity index (χ1n) is 4.53. The minimum absolute atomic E-state index is 0.108. The molecule has 4 nitrogen and oxygen atoms in total. The molecule has 0 aliphatic rings. The third-order valence-electron chi connectivity index (χ3n) is 2.10. The van der Waals surface area contributed by atoms with Crippen LogP contribution < -0.4 is 0 Å². The molecule has 0 aromatic heterocycles. The van der Waals surface area contributed by atoms with Crippen LogP contribution in [0.25, 0.3) is 0 Å². The van der Waals surface area contributed by atoms with E-state index < -0.39 is 20.9 Å². The average molecular weight is 302 g/mol. The van der Waals surface area contributed by atoms with Crippen molar-refractivity contribution in [3.05, 3.63) is 28.0 Å². The highest BCUT2D eigenvalue weighted by atomic mass is 35.5. The van der Waals surface area contributed by atoms with Gasteiger partial charge in [0.05, 0.1) is 16.7 Å². The Bertz CT molecular complexity index is 521. The van der Waals surface area contributed by atoms with Gasteiger partial charge in [0.1, 0.15) is 4.90 Å². The first-order valence-corrected chi connectivity index (χ1v) is 6.72. The summed E-state index contributed by atoms with van der Waals surface area (Å²) in [6, 6.07) is 2.24. The Morgan fingerprint density at radius 2 is 2.00 bits per heavy atom. The zero-order chi connectivity index (χ0) is 13.2. The van der Waals surface area contributed by atoms with Crippen molar-refractivity contribution >= 4 is 33.2 Å². The number of nitrogens with zero attached hydrogens (tertiary/aromatic N) is 1. The molecule has 0 radical (unpaired) electrons. The Morgan fingerprint density at radius 1 is 1.41 bits per heavy atom. The molecule has 0 heterocycles. The van der Waals surface area contributed by atoms with Crippen LogP contribution in [0.4, 0.5) is 4.39 Å². The number of halogens is 3. The minimum atomic E-state index is -3.93. The molecule has 0 spiro atoms. The molecule has 8 heteroatoms. The van der Waals surface area contributed by atoms with Gasteiger partial charge in [-0.3, -0.25) is 0 Å². The maximum absolute atomic E-state index is 13.4. The predicted molar refractivity (Wildman–Crippen MR) is 63.3 cm³/mol. The number of rotatable bonds is 4. The lowest BCUT2D eigenvalue weighted by Crippen LogP contribution is -2.30. The van der Waals surface area contributed by atoms with E-state index in [-0.39, 0.29) is 23.1 Å². The van der Waals surface area contributed by atoms with Crippen molar-refractivity contribution in [1.82, 2.24) is 4.31 Å². The number of sulfonamides is 1. The molecule has 0 saturated carbocycles. The van der Waals surface area contributed by atoms with E-state index in [1.807, 2.05) is 0 Å². The third kappa shape index (κ3) is 2.89. The van der Waals surface area contributed by atoms with Gasteiger partial charge >= 0.3 is 0 Å². The first-order chi connectivity index (χ1) is 7.82. The van der Waals surface area contributed by atoms with Gasteiger partial charge in [0.25, 0.3) is 0 Å². The molecule has 17 heavy (non-hydrogen) atoms. The van der Waals surface area contributed by atoms with Crippen molar-refractivity contribution in [3.63, 3.8) is 0 Å². The molecule has 1 rings (SSSR count). The Morgan fingerprint density at radius 3 is 2.53 bits per heavy atom. The van der Waals surface area contributed by atoms with Crippen LogP contribution in [0.2, 0.25) is 10.0 Å². The van der Waals surface area contributed by atoms with Gasteiger partial charge in [-0.2, -0.15) is 4.31 Å². The van der Waals surface area contributed by atoms with Gasteiger partial charge in [0, 0.05) is 13.6 Å². The second-order valence-corrected chi connectivity index (χ2v) is 6.02. The fourth-order valence-electron chi connectivity index (χ4n) is 1.14. The second kappa shape index (κ2) is 5.49. The topological polar surface area (TPSA) is 57.6 Å². The molecule has 0 aliphatic carbocycles. The van der Waals surface area contributed by atoms with Gasteiger partial charge in [-0.15, -0.1) is 0 Å². The molecule has 1 aromatic rings. The Hall–Kier alpha value is -0.400. The molecule has 0 fully saturated rings. The Kier molecular flexibility index (Phi) is 4.74. The van der Waals surface area contributed by atoms with Crippen LogP contribution in [0.15, 0.2) is 17.0 Å². The van der Waals surface area contributed by atoms with Crippen LogP contribution in [-0.2, 0) is 10.0 Å². The van der Waals surface area contributed by atoms with Crippen molar-refractivity contribution in [2.24, 2.45) is 0 Å². The smallest absolute Gasteiger partial charge is 0.244 e. The van der Waals surface area contributed by atoms with Crippen LogP contribution in [0.1, 0.15) is 0 Å². The monoisotopic (exact) mass is 301 g/mol. The van der Waals surface area contributed by atoms with Crippen molar-refractivity contribution < 1.29 is 17.9 Å². The summed E-state index contributed by atoms with van der Waals surface area (Å²) in [6.07, 6.45) is 0. The molecule has 1 N–H and O–H groups in total. The SMILES string of the molecule is CN(CCO)S(=O)(=O)c1ccc(Cl)c(F)c1Cl. The van der Waals surface area contributed by atoms with Crippen LogP contribution in [0.5, 0.6) is 0 Å². The van der Waals surface area contributed by atoms with Gasteiger partial charge < -0.3 is 5.11 Å². The molecular weight excluding hydrogens is 292 g/mol. The van der Waals surface area contributed by atoms with E-state index in [9.17, 15) is 12.8 Å². The predicted octanol–water partition coefficient (Wildman–Crippen LogP) is 1.75. The molecule has 1 aromatic carbocycles. The van der Waals surface area contributed by atoms with Gasteiger partial charge in [0.2, 0.25) is 10.0 Å². The number of hydrogen-bond acceptors (Lipinski definition) is 3. The molecule has 96 valence electrons. The van der Waals surface area contributed by atoms with E-state index in [4.69, 9.17) is 28.3 Å². The average Bonchev–Trinajstić information content (AvgIpc) is 2.26. The van der Waals surface area contributed by atoms with Crippen LogP contribution in [-0.4, -0.2) is 38.0 Å². The zero-order valence-corrected chi connectivity index (χ0v) is 11.2. The second-order valence-electron chi connectivity index (χ2n) is 3.22. The van der Waals surface area contributed by atoms with E-state index in [2.05, 4.69) is 0 Å². The van der Waals surface area contributed by atoms with E-state index in [1.54, 1.807) is 0 Å². The van der Waals surface area contributed by atoms with Crippen molar-refractivity contribution in [1.29, 1.82) is 0 Å². The molecule has 0 atom stereocenters. The number of aliphatic hydroxyl groups excluding tert-OH is 1. The highest BCUT2D eigenvalue weighted by Crippen LogP contribution is 2.30. The summed E-state index contributed by atoms with van der Waals surface area (Å²) in [5, 5.41) is 7.88. The van der Waals surface area contributed by atoms with Crippen molar-refractivity contribution in [3.8, 4) is 0 Å². The van der Waals surface area contributed by atoms with Gasteiger partial charge in [0.15, 0.2) is 5.82 Å². The Balaban J connectivity index is 3.30. The fourth-order valence-corrected chi connectivity index (χ4v) is 3.01. The summed E-state index contributed by atoms with van der Waals surface area (Å²) in [6.45, 7) is -0.452. The number of aliphatic hydroxyl groups is 1. The normalized spacial score (nSPS) is 12.1. The van der Waals surface area contributed by atoms with E-state index >= 15 is 0 Å². The lowest BCUT2D eigenvalue weighted by atomic mass is 10.3. The van der Waals surface area contributed by atoms with Crippen LogP contribution in [0.3, 0.4) is 0 Å². The summed E-state index contributed by atoms with van der Waals surface area (Å²) < 4.78 is 38.1. The summed E-state index contributed by atoms with van der Waals surface area (Å²) >= 11 is 11.1. The van der Waals surface area contributed by atoms with E-state index in [1.165, 1.54) is 7.05 Å². The molecule has 0 amide bonds. The Labute approximate surface area is 109 Å². The molecule has 0 saturated heterocycles. The molecule has 0 unspecified atom stereocenters. The number of likely N-dealkylation sites (N-methyl/N-ethyl adjacent to an activating group) is 1. The quantitative estimate of drug-likeness (QED) is 0.862. The molecule has 0 bridgehead atoms. The standard InChI is InChI=1S/C9H10Cl2FNO3S/c1-13(4-5-14)17(15,16)7-3-2-6(10)9(12)8(7)11/h2-3,14H,4-5H2,1H3. The van der Waals surface area contributed by atoms with Crippen molar-refractivity contribution in [2.75, 3.05) is 20.2 Å². The maximum Gasteiger partial charge on any atom is 0.244 e. The largest absolute Gasteiger partial charge is 0.395 e. The highest BCUT2D eigenvalue weighted by molar-refractivity contribution is 7.89. The summed E-state index contributed by atoms with van der Waals surface area (Å²) in [5.74, 6) is -0.980. The molecule has 0 aliphatic heterocycles. The lowest BCUT2D eigenvalue weighted by molar-refractivity contribution is 0.266. The maximum atomic E-state index is 13.4. The third-order valence-corrected chi connectivity index (χ3v) is 4.78. The van der Waals surface area contributed by atoms with Crippen LogP contribution >= 0.6 is 23.2 Å². The van der Waals surface area contributed by atoms with E-state index in [0.717, 1.165) is 16.4 Å². The van der Waals surface area contributed by atoms with Gasteiger partial charge in [-0.25, -0.2) is 12.8 Å².